The quantitative estimate of drug-likeness (QED) is 0.763. The Morgan fingerprint density at radius 3 is 2.45 bits per heavy atom. The van der Waals surface area contributed by atoms with Crippen LogP contribution >= 0.6 is 0 Å². The molecule has 1 fully saturated rings. The van der Waals surface area contributed by atoms with Gasteiger partial charge in [0, 0.05) is 44.3 Å². The summed E-state index contributed by atoms with van der Waals surface area (Å²) in [5, 5.41) is 2.48. The van der Waals surface area contributed by atoms with Crippen molar-refractivity contribution in [3.05, 3.63) is 42.2 Å². The molecule has 1 aromatic carbocycles. The van der Waals surface area contributed by atoms with Gasteiger partial charge in [0.25, 0.3) is 0 Å². The fourth-order valence-corrected chi connectivity index (χ4v) is 3.04. The van der Waals surface area contributed by atoms with Crippen molar-refractivity contribution in [1.82, 2.24) is 14.9 Å². The lowest BCUT2D eigenvalue weighted by molar-refractivity contribution is -0.461. The molecule has 0 aliphatic carbocycles. The Labute approximate surface area is 162 Å². The van der Waals surface area contributed by atoms with Gasteiger partial charge in [-0.3, -0.25) is 0 Å². The lowest BCUT2D eigenvalue weighted by Gasteiger charge is -2.34. The number of hydrogen-bond acceptors (Lipinski definition) is 6. The SMILES string of the molecule is O=C(Nc1ccc2c(c1)C(F)(F)OC(F)(F)O2)N1CCN(c2ncccn2)CC1. The lowest BCUT2D eigenvalue weighted by Crippen LogP contribution is -2.50. The lowest BCUT2D eigenvalue weighted by atomic mass is 10.1. The summed E-state index contributed by atoms with van der Waals surface area (Å²) in [6.45, 7) is 1.72. The number of anilines is 2. The Bertz CT molecular complexity index is 907. The van der Waals surface area contributed by atoms with E-state index >= 15 is 0 Å². The molecule has 29 heavy (non-hydrogen) atoms. The van der Waals surface area contributed by atoms with Crippen LogP contribution in [0.4, 0.5) is 34.0 Å². The van der Waals surface area contributed by atoms with Crippen molar-refractivity contribution in [3.8, 4) is 5.75 Å². The van der Waals surface area contributed by atoms with Crippen molar-refractivity contribution in [2.75, 3.05) is 36.4 Å². The third-order valence-electron chi connectivity index (χ3n) is 4.42. The number of carbonyl (C=O) groups excluding carboxylic acids is 1. The molecule has 2 aromatic rings. The Morgan fingerprint density at radius 2 is 1.76 bits per heavy atom. The van der Waals surface area contributed by atoms with E-state index in [1.165, 1.54) is 11.0 Å². The number of rotatable bonds is 2. The minimum Gasteiger partial charge on any atom is -0.409 e. The van der Waals surface area contributed by atoms with Crippen molar-refractivity contribution in [2.24, 2.45) is 0 Å². The van der Waals surface area contributed by atoms with Crippen molar-refractivity contribution in [2.45, 2.75) is 12.4 Å². The molecule has 3 heterocycles. The number of nitrogens with one attached hydrogen (secondary N) is 1. The number of piperazine rings is 1. The summed E-state index contributed by atoms with van der Waals surface area (Å²) in [6.07, 6.45) is -5.46. The molecule has 2 aliphatic heterocycles. The van der Waals surface area contributed by atoms with Gasteiger partial charge in [0.2, 0.25) is 5.95 Å². The molecule has 1 aromatic heterocycles. The Balaban J connectivity index is 1.41. The first kappa shape index (κ1) is 19.2. The van der Waals surface area contributed by atoms with Crippen LogP contribution in [-0.2, 0) is 10.8 Å². The van der Waals surface area contributed by atoms with E-state index in [0.717, 1.165) is 12.1 Å². The zero-order valence-corrected chi connectivity index (χ0v) is 14.8. The highest BCUT2D eigenvalue weighted by Gasteiger charge is 2.54. The second-order valence-electron chi connectivity index (χ2n) is 6.35. The maximum absolute atomic E-state index is 13.8. The first-order chi connectivity index (χ1) is 13.7. The highest BCUT2D eigenvalue weighted by Crippen LogP contribution is 2.46. The number of aromatic nitrogens is 2. The van der Waals surface area contributed by atoms with E-state index in [4.69, 9.17) is 0 Å². The highest BCUT2D eigenvalue weighted by atomic mass is 19.3. The third-order valence-corrected chi connectivity index (χ3v) is 4.42. The standard InChI is InChI=1S/C17H15F4N5O3/c18-16(19)12-10-11(2-3-13(12)28-17(20,21)29-16)24-15(27)26-8-6-25(7-9-26)14-22-4-1-5-23-14/h1-5,10H,6-9H2,(H,24,27). The van der Waals surface area contributed by atoms with Crippen LogP contribution in [0.5, 0.6) is 5.75 Å². The van der Waals surface area contributed by atoms with Crippen LogP contribution in [0.25, 0.3) is 0 Å². The van der Waals surface area contributed by atoms with Crippen LogP contribution < -0.4 is 15.0 Å². The van der Waals surface area contributed by atoms with Crippen molar-refractivity contribution >= 4 is 17.7 Å². The smallest absolute Gasteiger partial charge is 0.409 e. The topological polar surface area (TPSA) is 79.8 Å². The van der Waals surface area contributed by atoms with Gasteiger partial charge in [0.15, 0.2) is 0 Å². The normalized spacial score (nSPS) is 19.9. The predicted molar refractivity (Wildman–Crippen MR) is 91.8 cm³/mol. The first-order valence-electron chi connectivity index (χ1n) is 8.61. The summed E-state index contributed by atoms with van der Waals surface area (Å²) >= 11 is 0. The van der Waals surface area contributed by atoms with Crippen molar-refractivity contribution in [1.29, 1.82) is 0 Å². The average molecular weight is 413 g/mol. The summed E-state index contributed by atoms with van der Waals surface area (Å²) in [7, 11) is 0. The molecule has 2 amide bonds. The van der Waals surface area contributed by atoms with E-state index in [1.54, 1.807) is 18.5 Å². The van der Waals surface area contributed by atoms with Gasteiger partial charge >= 0.3 is 18.4 Å². The number of ether oxygens (including phenoxy) is 2. The maximum atomic E-state index is 13.8. The first-order valence-corrected chi connectivity index (χ1v) is 8.61. The number of carbonyl (C=O) groups is 1. The fraction of sp³-hybridized carbons (Fsp3) is 0.353. The molecule has 12 heteroatoms. The van der Waals surface area contributed by atoms with Gasteiger partial charge in [-0.15, -0.1) is 8.78 Å². The second-order valence-corrected chi connectivity index (χ2v) is 6.35. The number of nitrogens with zero attached hydrogens (tertiary/aromatic N) is 4. The van der Waals surface area contributed by atoms with Crippen LogP contribution in [0.1, 0.15) is 5.56 Å². The number of benzene rings is 1. The summed E-state index contributed by atoms with van der Waals surface area (Å²) in [6, 6.07) is 4.16. The molecule has 4 rings (SSSR count). The Kier molecular flexibility index (Phi) is 4.65. The van der Waals surface area contributed by atoms with Gasteiger partial charge in [-0.05, 0) is 24.3 Å². The molecule has 0 bridgehead atoms. The summed E-state index contributed by atoms with van der Waals surface area (Å²) in [5.74, 6) is -0.165. The molecule has 0 atom stereocenters. The minimum atomic E-state index is -4.44. The summed E-state index contributed by atoms with van der Waals surface area (Å²) in [4.78, 5) is 24.2. The third kappa shape index (κ3) is 4.01. The van der Waals surface area contributed by atoms with E-state index in [-0.39, 0.29) is 5.69 Å². The van der Waals surface area contributed by atoms with Crippen LogP contribution in [0.15, 0.2) is 36.7 Å². The van der Waals surface area contributed by atoms with E-state index in [2.05, 4.69) is 24.8 Å². The second kappa shape index (κ2) is 7.03. The average Bonchev–Trinajstić information content (AvgIpc) is 2.68. The monoisotopic (exact) mass is 413 g/mol. The molecule has 1 saturated heterocycles. The minimum absolute atomic E-state index is 0.000311. The molecule has 0 unspecified atom stereocenters. The van der Waals surface area contributed by atoms with E-state index in [0.29, 0.717) is 32.1 Å². The summed E-state index contributed by atoms with van der Waals surface area (Å²) < 4.78 is 61.3. The Hall–Kier alpha value is -3.15. The zero-order valence-electron chi connectivity index (χ0n) is 14.8. The molecule has 154 valence electrons. The largest absolute Gasteiger partial charge is 0.540 e. The van der Waals surface area contributed by atoms with Gasteiger partial charge in [-0.1, -0.05) is 0 Å². The molecule has 0 radical (unpaired) electrons. The van der Waals surface area contributed by atoms with Crippen LogP contribution in [0, 0.1) is 0 Å². The van der Waals surface area contributed by atoms with E-state index in [9.17, 15) is 22.4 Å². The van der Waals surface area contributed by atoms with Crippen LogP contribution in [0.2, 0.25) is 0 Å². The fourth-order valence-electron chi connectivity index (χ4n) is 3.04. The van der Waals surface area contributed by atoms with Gasteiger partial charge in [0.05, 0.1) is 5.56 Å². The molecular formula is C17H15F4N5O3. The van der Waals surface area contributed by atoms with Gasteiger partial charge < -0.3 is 19.9 Å². The van der Waals surface area contributed by atoms with Crippen molar-refractivity contribution < 1.29 is 31.8 Å². The Morgan fingerprint density at radius 1 is 1.07 bits per heavy atom. The zero-order chi connectivity index (χ0) is 20.6. The van der Waals surface area contributed by atoms with Gasteiger partial charge in [-0.2, -0.15) is 8.78 Å². The van der Waals surface area contributed by atoms with Crippen molar-refractivity contribution in [3.63, 3.8) is 0 Å². The molecule has 0 saturated carbocycles. The summed E-state index contributed by atoms with van der Waals surface area (Å²) in [5.41, 5.74) is -0.896. The molecule has 8 nitrogen and oxygen atoms in total. The predicted octanol–water partition coefficient (Wildman–Crippen LogP) is 2.84. The van der Waals surface area contributed by atoms with Gasteiger partial charge in [0.1, 0.15) is 5.75 Å². The number of alkyl halides is 4. The molecule has 1 N–H and O–H groups in total. The highest BCUT2D eigenvalue weighted by molar-refractivity contribution is 5.89. The number of urea groups is 1. The van der Waals surface area contributed by atoms with E-state index in [1.807, 2.05) is 4.90 Å². The number of halogens is 4. The number of hydrogen-bond donors (Lipinski definition) is 1. The van der Waals surface area contributed by atoms with Gasteiger partial charge in [-0.25, -0.2) is 19.5 Å². The van der Waals surface area contributed by atoms with E-state index < -0.39 is 29.7 Å². The van der Waals surface area contributed by atoms with Crippen LogP contribution in [0.3, 0.4) is 0 Å². The molecule has 0 spiro atoms. The maximum Gasteiger partial charge on any atom is 0.540 e. The molecule has 2 aliphatic rings. The number of amides is 2. The molecular weight excluding hydrogens is 398 g/mol. The van der Waals surface area contributed by atoms with Crippen LogP contribution in [-0.4, -0.2) is 53.4 Å². The number of fused-ring (bicyclic) bond motifs is 1.